The Morgan fingerprint density at radius 2 is 1.79 bits per heavy atom. The van der Waals surface area contributed by atoms with Gasteiger partial charge in [0, 0.05) is 36.6 Å². The lowest BCUT2D eigenvalue weighted by Gasteiger charge is -2.22. The molecule has 0 N–H and O–H groups in total. The van der Waals surface area contributed by atoms with Crippen LogP contribution in [0.15, 0.2) is 60.2 Å². The molecule has 1 amide bonds. The highest BCUT2D eigenvalue weighted by Gasteiger charge is 2.34. The maximum absolute atomic E-state index is 14.9. The van der Waals surface area contributed by atoms with Crippen molar-refractivity contribution in [1.82, 2.24) is 14.9 Å². The van der Waals surface area contributed by atoms with Crippen LogP contribution >= 0.6 is 11.3 Å². The fraction of sp³-hybridized carbons (Fsp3) is 0.296. The summed E-state index contributed by atoms with van der Waals surface area (Å²) in [5, 5.41) is 2.89. The Kier molecular flexibility index (Phi) is 5.29. The predicted molar refractivity (Wildman–Crippen MR) is 134 cm³/mol. The molecule has 4 aromatic rings. The molecule has 0 aliphatic heterocycles. The third-order valence-electron chi connectivity index (χ3n) is 6.74. The number of thiophene rings is 1. The molecule has 2 aromatic heterocycles. The molecule has 0 bridgehead atoms. The first-order valence-corrected chi connectivity index (χ1v) is 12.6. The summed E-state index contributed by atoms with van der Waals surface area (Å²) in [6.07, 6.45) is 5.93. The first-order valence-electron chi connectivity index (χ1n) is 11.7. The summed E-state index contributed by atoms with van der Waals surface area (Å²) in [5.74, 6) is 0.628. The molecule has 172 valence electrons. The van der Waals surface area contributed by atoms with Crippen LogP contribution in [0.5, 0.6) is 0 Å². The van der Waals surface area contributed by atoms with E-state index in [-0.39, 0.29) is 24.3 Å². The number of benzene rings is 2. The van der Waals surface area contributed by atoms with Crippen molar-refractivity contribution in [2.75, 3.05) is 11.9 Å². The maximum Gasteiger partial charge on any atom is 0.264 e. The molecule has 2 saturated carbocycles. The van der Waals surface area contributed by atoms with Crippen molar-refractivity contribution < 1.29 is 9.18 Å². The van der Waals surface area contributed by atoms with E-state index in [9.17, 15) is 9.18 Å². The van der Waals surface area contributed by atoms with E-state index < -0.39 is 0 Å². The predicted octanol–water partition coefficient (Wildman–Crippen LogP) is 5.90. The minimum absolute atomic E-state index is 0.0158. The van der Waals surface area contributed by atoms with Gasteiger partial charge in [-0.25, -0.2) is 14.4 Å². The molecule has 2 aliphatic carbocycles. The van der Waals surface area contributed by atoms with Gasteiger partial charge in [-0.2, -0.15) is 0 Å². The molecule has 0 atom stereocenters. The van der Waals surface area contributed by atoms with Gasteiger partial charge in [0.1, 0.15) is 18.0 Å². The van der Waals surface area contributed by atoms with E-state index in [1.165, 1.54) is 30.2 Å². The Balaban J connectivity index is 1.34. The van der Waals surface area contributed by atoms with Gasteiger partial charge in [0.2, 0.25) is 0 Å². The summed E-state index contributed by atoms with van der Waals surface area (Å²) in [6, 6.07) is 15.7. The van der Waals surface area contributed by atoms with Gasteiger partial charge in [-0.1, -0.05) is 18.2 Å². The van der Waals surface area contributed by atoms with Gasteiger partial charge in [0.05, 0.1) is 10.4 Å². The zero-order chi connectivity index (χ0) is 23.2. The molecule has 0 unspecified atom stereocenters. The Hall–Kier alpha value is -3.32. The highest BCUT2D eigenvalue weighted by molar-refractivity contribution is 7.12. The number of hydrogen-bond donors (Lipinski definition) is 0. The van der Waals surface area contributed by atoms with Gasteiger partial charge >= 0.3 is 0 Å². The topological polar surface area (TPSA) is 49.3 Å². The van der Waals surface area contributed by atoms with Gasteiger partial charge in [-0.15, -0.1) is 11.3 Å². The highest BCUT2D eigenvalue weighted by atomic mass is 32.1. The average molecular weight is 473 g/mol. The van der Waals surface area contributed by atoms with Crippen LogP contribution in [0.4, 0.5) is 10.2 Å². The molecule has 5 nitrogen and oxygen atoms in total. The Bertz CT molecular complexity index is 1360. The van der Waals surface area contributed by atoms with E-state index in [4.69, 9.17) is 0 Å². The molecule has 34 heavy (non-hydrogen) atoms. The quantitative estimate of drug-likeness (QED) is 0.336. The van der Waals surface area contributed by atoms with Crippen LogP contribution in [0.25, 0.3) is 22.0 Å². The maximum atomic E-state index is 14.9. The molecule has 2 heterocycles. The van der Waals surface area contributed by atoms with E-state index >= 15 is 0 Å². The van der Waals surface area contributed by atoms with E-state index in [2.05, 4.69) is 28.0 Å². The summed E-state index contributed by atoms with van der Waals surface area (Å²) in [6.45, 7) is 0.271. The minimum Gasteiger partial charge on any atom is -0.356 e. The zero-order valence-electron chi connectivity index (χ0n) is 18.9. The van der Waals surface area contributed by atoms with Crippen molar-refractivity contribution in [1.29, 1.82) is 0 Å². The number of anilines is 1. The van der Waals surface area contributed by atoms with E-state index in [1.54, 1.807) is 12.4 Å². The minimum atomic E-state index is -0.286. The molecule has 7 heteroatoms. The summed E-state index contributed by atoms with van der Waals surface area (Å²) in [5.41, 5.74) is 3.33. The zero-order valence-corrected chi connectivity index (χ0v) is 19.8. The summed E-state index contributed by atoms with van der Waals surface area (Å²) < 4.78 is 14.9. The average Bonchev–Trinajstić information content (AvgIpc) is 3.80. The Morgan fingerprint density at radius 3 is 2.53 bits per heavy atom. The van der Waals surface area contributed by atoms with E-state index in [0.29, 0.717) is 16.5 Å². The number of amides is 1. The van der Waals surface area contributed by atoms with Crippen LogP contribution in [-0.2, 0) is 6.54 Å². The monoisotopic (exact) mass is 472 g/mol. The van der Waals surface area contributed by atoms with Gasteiger partial charge in [0.15, 0.2) is 0 Å². The third-order valence-corrected chi connectivity index (χ3v) is 7.60. The first-order chi connectivity index (χ1) is 16.6. The second-order valence-corrected chi connectivity index (χ2v) is 10.2. The summed E-state index contributed by atoms with van der Waals surface area (Å²) in [4.78, 5) is 26.8. The van der Waals surface area contributed by atoms with E-state index in [0.717, 1.165) is 40.7 Å². The first kappa shape index (κ1) is 21.2. The molecule has 0 spiro atoms. The third kappa shape index (κ3) is 4.05. The number of hydrogen-bond acceptors (Lipinski definition) is 5. The standard InChI is InChI=1S/C27H25FN4OS/c1-31(20-6-7-20)26-22-14-18(5-11-24(22)29-16-30-26)17-4-10-23(28)19(13-17)15-32(21-8-9-21)27(33)25-3-2-12-34-25/h2-5,10-14,16,20-21H,6-9,15H2,1H3. The lowest BCUT2D eigenvalue weighted by Crippen LogP contribution is -2.32. The molecular formula is C27H25FN4OS. The van der Waals surface area contributed by atoms with Crippen LogP contribution < -0.4 is 4.90 Å². The SMILES string of the molecule is CN(c1ncnc2ccc(-c3ccc(F)c(CN(C(=O)c4cccs4)C4CC4)c3)cc12)C1CC1. The summed E-state index contributed by atoms with van der Waals surface area (Å²) >= 11 is 1.43. The smallest absolute Gasteiger partial charge is 0.264 e. The Morgan fingerprint density at radius 1 is 1.03 bits per heavy atom. The van der Waals surface area contributed by atoms with Crippen LogP contribution in [0.3, 0.4) is 0 Å². The van der Waals surface area contributed by atoms with Crippen molar-refractivity contribution in [2.24, 2.45) is 0 Å². The summed E-state index contributed by atoms with van der Waals surface area (Å²) in [7, 11) is 2.08. The second-order valence-electron chi connectivity index (χ2n) is 9.22. The fourth-order valence-corrected chi connectivity index (χ4v) is 5.17. The van der Waals surface area contributed by atoms with Crippen molar-refractivity contribution in [2.45, 2.75) is 44.3 Å². The van der Waals surface area contributed by atoms with Crippen LogP contribution in [0.2, 0.25) is 0 Å². The largest absolute Gasteiger partial charge is 0.356 e. The van der Waals surface area contributed by atoms with Crippen LogP contribution in [-0.4, -0.2) is 39.9 Å². The second kappa shape index (κ2) is 8.47. The normalized spacial score (nSPS) is 15.5. The number of nitrogens with zero attached hydrogens (tertiary/aromatic N) is 4. The van der Waals surface area contributed by atoms with Gasteiger partial charge in [-0.3, -0.25) is 4.79 Å². The highest BCUT2D eigenvalue weighted by Crippen LogP contribution is 2.35. The molecule has 0 saturated heterocycles. The number of aromatic nitrogens is 2. The molecule has 2 fully saturated rings. The molecule has 6 rings (SSSR count). The van der Waals surface area contributed by atoms with Gasteiger partial charge in [-0.05, 0) is 72.5 Å². The number of carbonyl (C=O) groups is 1. The van der Waals surface area contributed by atoms with Crippen molar-refractivity contribution in [3.8, 4) is 11.1 Å². The molecule has 2 aromatic carbocycles. The molecular weight excluding hydrogens is 447 g/mol. The van der Waals surface area contributed by atoms with Crippen LogP contribution in [0, 0.1) is 5.82 Å². The van der Waals surface area contributed by atoms with Crippen molar-refractivity contribution in [3.05, 3.63) is 76.5 Å². The number of rotatable bonds is 7. The van der Waals surface area contributed by atoms with Crippen molar-refractivity contribution >= 4 is 34.0 Å². The molecule has 0 radical (unpaired) electrons. The van der Waals surface area contributed by atoms with E-state index in [1.807, 2.05) is 40.6 Å². The Labute approximate surface area is 201 Å². The van der Waals surface area contributed by atoms with Gasteiger partial charge < -0.3 is 9.80 Å². The lowest BCUT2D eigenvalue weighted by molar-refractivity contribution is 0.0733. The fourth-order valence-electron chi connectivity index (χ4n) is 4.49. The van der Waals surface area contributed by atoms with Crippen LogP contribution in [0.1, 0.15) is 40.9 Å². The molecule has 2 aliphatic rings. The lowest BCUT2D eigenvalue weighted by atomic mass is 10.0. The number of carbonyl (C=O) groups excluding carboxylic acids is 1. The number of fused-ring (bicyclic) bond motifs is 1. The van der Waals surface area contributed by atoms with Gasteiger partial charge in [0.25, 0.3) is 5.91 Å². The van der Waals surface area contributed by atoms with Crippen molar-refractivity contribution in [3.63, 3.8) is 0 Å². The number of halogens is 1.